The number of nitrogens with one attached hydrogen (secondary N) is 1. The molecule has 134 valence electrons. The number of carbonyl (C=O) groups is 1. The molecule has 0 aliphatic carbocycles. The average Bonchev–Trinajstić information content (AvgIpc) is 2.97. The van der Waals surface area contributed by atoms with E-state index in [9.17, 15) is 13.2 Å². The van der Waals surface area contributed by atoms with Gasteiger partial charge in [0.2, 0.25) is 0 Å². The molecule has 0 unspecified atom stereocenters. The number of imidazole rings is 1. The molecular formula is C17H13Cl2N3O3S. The first-order chi connectivity index (χ1) is 12.3. The third kappa shape index (κ3) is 3.75. The summed E-state index contributed by atoms with van der Waals surface area (Å²) < 4.78 is 28.4. The van der Waals surface area contributed by atoms with Crippen molar-refractivity contribution < 1.29 is 13.2 Å². The van der Waals surface area contributed by atoms with Crippen molar-refractivity contribution in [1.82, 2.24) is 14.3 Å². The van der Waals surface area contributed by atoms with Crippen LogP contribution in [0.4, 0.5) is 0 Å². The zero-order valence-corrected chi connectivity index (χ0v) is 15.8. The number of aryl methyl sites for hydroxylation is 1. The predicted octanol–water partition coefficient (Wildman–Crippen LogP) is 3.61. The Balaban J connectivity index is 1.88. The lowest BCUT2D eigenvalue weighted by molar-refractivity contribution is 0.0977. The molecule has 0 atom stereocenters. The Hall–Kier alpha value is -2.35. The molecule has 0 saturated carbocycles. The van der Waals surface area contributed by atoms with Crippen LogP contribution in [0.25, 0.3) is 5.69 Å². The lowest BCUT2D eigenvalue weighted by atomic mass is 10.3. The number of halogens is 2. The SMILES string of the molecule is Cc1nc(C(=O)NS(=O)(=O)c2ccccc2Cl)cn1-c1ccc(Cl)cc1. The first-order valence-electron chi connectivity index (χ1n) is 7.41. The molecule has 0 saturated heterocycles. The quantitative estimate of drug-likeness (QED) is 0.713. The summed E-state index contributed by atoms with van der Waals surface area (Å²) in [6.07, 6.45) is 1.45. The molecule has 0 aliphatic heterocycles. The van der Waals surface area contributed by atoms with Gasteiger partial charge in [0, 0.05) is 16.9 Å². The van der Waals surface area contributed by atoms with Gasteiger partial charge in [-0.2, -0.15) is 0 Å². The van der Waals surface area contributed by atoms with Crippen molar-refractivity contribution in [2.45, 2.75) is 11.8 Å². The van der Waals surface area contributed by atoms with Gasteiger partial charge >= 0.3 is 0 Å². The van der Waals surface area contributed by atoms with Gasteiger partial charge in [0.05, 0.1) is 5.02 Å². The number of carbonyl (C=O) groups excluding carboxylic acids is 1. The van der Waals surface area contributed by atoms with E-state index in [2.05, 4.69) is 4.98 Å². The average molecular weight is 410 g/mol. The first-order valence-corrected chi connectivity index (χ1v) is 9.65. The van der Waals surface area contributed by atoms with Crippen molar-refractivity contribution in [2.75, 3.05) is 0 Å². The Morgan fingerprint density at radius 2 is 1.73 bits per heavy atom. The Morgan fingerprint density at radius 1 is 1.08 bits per heavy atom. The molecule has 0 radical (unpaired) electrons. The minimum atomic E-state index is -4.11. The molecule has 2 aromatic carbocycles. The molecule has 9 heteroatoms. The number of hydrogen-bond acceptors (Lipinski definition) is 4. The van der Waals surface area contributed by atoms with Crippen LogP contribution in [0.2, 0.25) is 10.0 Å². The fraction of sp³-hybridized carbons (Fsp3) is 0.0588. The third-order valence-electron chi connectivity index (χ3n) is 3.57. The van der Waals surface area contributed by atoms with Gasteiger partial charge in [-0.15, -0.1) is 0 Å². The molecule has 1 heterocycles. The maximum atomic E-state index is 12.4. The minimum Gasteiger partial charge on any atom is -0.303 e. The summed E-state index contributed by atoms with van der Waals surface area (Å²) in [4.78, 5) is 16.3. The zero-order valence-electron chi connectivity index (χ0n) is 13.5. The van der Waals surface area contributed by atoms with Gasteiger partial charge in [0.25, 0.3) is 15.9 Å². The Morgan fingerprint density at radius 3 is 2.38 bits per heavy atom. The number of aromatic nitrogens is 2. The van der Waals surface area contributed by atoms with E-state index in [-0.39, 0.29) is 15.6 Å². The van der Waals surface area contributed by atoms with Crippen LogP contribution in [-0.2, 0) is 10.0 Å². The molecule has 0 aliphatic rings. The summed E-state index contributed by atoms with van der Waals surface area (Å²) in [7, 11) is -4.11. The maximum Gasteiger partial charge on any atom is 0.285 e. The molecule has 0 fully saturated rings. The van der Waals surface area contributed by atoms with Crippen LogP contribution in [0.5, 0.6) is 0 Å². The van der Waals surface area contributed by atoms with Crippen molar-refractivity contribution in [1.29, 1.82) is 0 Å². The van der Waals surface area contributed by atoms with E-state index in [1.54, 1.807) is 41.8 Å². The highest BCUT2D eigenvalue weighted by atomic mass is 35.5. The van der Waals surface area contributed by atoms with E-state index in [1.165, 1.54) is 24.4 Å². The molecule has 0 spiro atoms. The number of sulfonamides is 1. The van der Waals surface area contributed by atoms with E-state index in [1.807, 2.05) is 4.72 Å². The van der Waals surface area contributed by atoms with E-state index in [0.717, 1.165) is 5.69 Å². The number of benzene rings is 2. The van der Waals surface area contributed by atoms with Gasteiger partial charge in [0.1, 0.15) is 16.4 Å². The fourth-order valence-electron chi connectivity index (χ4n) is 2.34. The molecular weight excluding hydrogens is 397 g/mol. The van der Waals surface area contributed by atoms with Gasteiger partial charge < -0.3 is 4.57 Å². The summed E-state index contributed by atoms with van der Waals surface area (Å²) >= 11 is 11.8. The second kappa shape index (κ2) is 7.11. The van der Waals surface area contributed by atoms with Crippen molar-refractivity contribution in [3.63, 3.8) is 0 Å². The van der Waals surface area contributed by atoms with Crippen molar-refractivity contribution in [2.24, 2.45) is 0 Å². The van der Waals surface area contributed by atoms with E-state index in [4.69, 9.17) is 23.2 Å². The third-order valence-corrected chi connectivity index (χ3v) is 5.66. The second-order valence-corrected chi connectivity index (χ2v) is 7.88. The molecule has 1 amide bonds. The van der Waals surface area contributed by atoms with Gasteiger partial charge in [-0.25, -0.2) is 18.1 Å². The summed E-state index contributed by atoms with van der Waals surface area (Å²) in [6.45, 7) is 1.70. The molecule has 6 nitrogen and oxygen atoms in total. The molecule has 0 bridgehead atoms. The van der Waals surface area contributed by atoms with Crippen LogP contribution in [-0.4, -0.2) is 23.9 Å². The van der Waals surface area contributed by atoms with Crippen LogP contribution < -0.4 is 4.72 Å². The Kier molecular flexibility index (Phi) is 5.04. The van der Waals surface area contributed by atoms with Gasteiger partial charge in [-0.1, -0.05) is 35.3 Å². The summed E-state index contributed by atoms with van der Waals surface area (Å²) in [5, 5.41) is 0.603. The molecule has 3 rings (SSSR count). The molecule has 26 heavy (non-hydrogen) atoms. The van der Waals surface area contributed by atoms with Crippen LogP contribution in [0.15, 0.2) is 59.6 Å². The van der Waals surface area contributed by atoms with Crippen LogP contribution >= 0.6 is 23.2 Å². The first kappa shape index (κ1) is 18.4. The van der Waals surface area contributed by atoms with Crippen molar-refractivity contribution >= 4 is 39.1 Å². The number of amides is 1. The lowest BCUT2D eigenvalue weighted by Crippen LogP contribution is -2.31. The van der Waals surface area contributed by atoms with E-state index < -0.39 is 15.9 Å². The molecule has 3 aromatic rings. The summed E-state index contributed by atoms with van der Waals surface area (Å²) in [5.41, 5.74) is 0.709. The largest absolute Gasteiger partial charge is 0.303 e. The summed E-state index contributed by atoms with van der Waals surface area (Å²) in [6, 6.07) is 12.8. The standard InChI is InChI=1S/C17H13Cl2N3O3S/c1-11-20-15(10-22(11)13-8-6-12(18)7-9-13)17(23)21-26(24,25)16-5-3-2-4-14(16)19/h2-10H,1H3,(H,21,23). The maximum absolute atomic E-state index is 12.4. The minimum absolute atomic E-state index is 0.0238. The molecule has 1 aromatic heterocycles. The monoisotopic (exact) mass is 409 g/mol. The predicted molar refractivity (Wildman–Crippen MR) is 99.4 cm³/mol. The van der Waals surface area contributed by atoms with Crippen LogP contribution in [0, 0.1) is 6.92 Å². The molecule has 1 N–H and O–H groups in total. The van der Waals surface area contributed by atoms with Gasteiger partial charge in [-0.05, 0) is 43.3 Å². The smallest absolute Gasteiger partial charge is 0.285 e. The van der Waals surface area contributed by atoms with Gasteiger partial charge in [-0.3, -0.25) is 4.79 Å². The van der Waals surface area contributed by atoms with E-state index >= 15 is 0 Å². The highest BCUT2D eigenvalue weighted by Crippen LogP contribution is 2.21. The zero-order chi connectivity index (χ0) is 18.9. The lowest BCUT2D eigenvalue weighted by Gasteiger charge is -2.07. The Labute approximate surface area is 160 Å². The van der Waals surface area contributed by atoms with Crippen molar-refractivity contribution in [3.8, 4) is 5.69 Å². The second-order valence-electron chi connectivity index (χ2n) is 5.38. The normalized spacial score (nSPS) is 11.3. The number of rotatable bonds is 4. The Bertz CT molecular complexity index is 1080. The van der Waals surface area contributed by atoms with Crippen molar-refractivity contribution in [3.05, 3.63) is 76.3 Å². The highest BCUT2D eigenvalue weighted by molar-refractivity contribution is 7.90. The number of hydrogen-bond donors (Lipinski definition) is 1. The topological polar surface area (TPSA) is 81.1 Å². The van der Waals surface area contributed by atoms with Gasteiger partial charge in [0.15, 0.2) is 0 Å². The van der Waals surface area contributed by atoms with E-state index in [0.29, 0.717) is 10.8 Å². The highest BCUT2D eigenvalue weighted by Gasteiger charge is 2.23. The number of nitrogens with zero attached hydrogens (tertiary/aromatic N) is 2. The fourth-order valence-corrected chi connectivity index (χ4v) is 3.94. The van der Waals surface area contributed by atoms with Crippen LogP contribution in [0.3, 0.4) is 0 Å². The van der Waals surface area contributed by atoms with Crippen LogP contribution in [0.1, 0.15) is 16.3 Å². The summed E-state index contributed by atoms with van der Waals surface area (Å²) in [5.74, 6) is -0.326.